The molecule has 2 aromatic carbocycles. The topological polar surface area (TPSA) is 65.7 Å². The Hall–Kier alpha value is -2.55. The molecular weight excluding hydrogens is 244 g/mol. The van der Waals surface area contributed by atoms with Gasteiger partial charge in [-0.25, -0.2) is 4.84 Å². The summed E-state index contributed by atoms with van der Waals surface area (Å²) in [6, 6.07) is 14.2. The van der Waals surface area contributed by atoms with Crippen molar-refractivity contribution in [3.8, 4) is 17.6 Å². The van der Waals surface area contributed by atoms with E-state index >= 15 is 0 Å². The zero-order chi connectivity index (χ0) is 13.2. The number of nitriles is 1. The summed E-state index contributed by atoms with van der Waals surface area (Å²) < 4.78 is 5.74. The van der Waals surface area contributed by atoms with Gasteiger partial charge in [-0.3, -0.25) is 5.21 Å². The molecule has 94 valence electrons. The highest BCUT2D eigenvalue weighted by Crippen LogP contribution is 2.36. The number of fused-ring (bicyclic) bond motifs is 1. The van der Waals surface area contributed by atoms with Crippen molar-refractivity contribution < 1.29 is 14.8 Å². The van der Waals surface area contributed by atoms with Crippen LogP contribution in [0.5, 0.6) is 11.5 Å². The smallest absolute Gasteiger partial charge is 0.135 e. The summed E-state index contributed by atoms with van der Waals surface area (Å²) >= 11 is 0. The third-order valence-electron chi connectivity index (χ3n) is 2.86. The standard InChI is InChI=1S/C14H10N2O3/c15-8-10-4-6-11(7-5-10)19-14-3-1-2-13-12(14)9-18-16(13)17/h1-7,17H,9H2. The van der Waals surface area contributed by atoms with E-state index in [4.69, 9.17) is 14.8 Å². The van der Waals surface area contributed by atoms with Crippen LogP contribution < -0.4 is 9.96 Å². The minimum Gasteiger partial charge on any atom is -0.457 e. The van der Waals surface area contributed by atoms with Crippen LogP contribution in [-0.2, 0) is 11.4 Å². The van der Waals surface area contributed by atoms with Crippen LogP contribution in [0.2, 0.25) is 0 Å². The van der Waals surface area contributed by atoms with Crippen molar-refractivity contribution in [3.05, 3.63) is 53.6 Å². The number of benzene rings is 2. The molecule has 0 aromatic heterocycles. The third kappa shape index (κ3) is 2.10. The largest absolute Gasteiger partial charge is 0.457 e. The summed E-state index contributed by atoms with van der Waals surface area (Å²) in [5, 5.41) is 18.9. The van der Waals surface area contributed by atoms with Gasteiger partial charge in [0.1, 0.15) is 23.8 Å². The molecular formula is C14H10N2O3. The fraction of sp³-hybridized carbons (Fsp3) is 0.0714. The number of rotatable bonds is 2. The summed E-state index contributed by atoms with van der Waals surface area (Å²) in [6.45, 7) is 0.262. The molecule has 0 bridgehead atoms. The maximum atomic E-state index is 9.46. The zero-order valence-corrected chi connectivity index (χ0v) is 9.91. The molecule has 0 amide bonds. The monoisotopic (exact) mass is 254 g/mol. The van der Waals surface area contributed by atoms with Crippen molar-refractivity contribution in [2.45, 2.75) is 6.61 Å². The fourth-order valence-corrected chi connectivity index (χ4v) is 1.89. The molecule has 5 heteroatoms. The molecule has 19 heavy (non-hydrogen) atoms. The molecule has 0 unspecified atom stereocenters. The Balaban J connectivity index is 1.90. The lowest BCUT2D eigenvalue weighted by atomic mass is 10.2. The van der Waals surface area contributed by atoms with E-state index in [1.54, 1.807) is 42.5 Å². The molecule has 3 rings (SSSR count). The Labute approximate surface area is 109 Å². The highest BCUT2D eigenvalue weighted by Gasteiger charge is 2.22. The first kappa shape index (κ1) is 11.5. The van der Waals surface area contributed by atoms with Crippen molar-refractivity contribution in [3.63, 3.8) is 0 Å². The summed E-state index contributed by atoms with van der Waals surface area (Å²) in [5.41, 5.74) is 1.94. The first-order chi connectivity index (χ1) is 9.28. The Morgan fingerprint density at radius 3 is 2.74 bits per heavy atom. The molecule has 2 aromatic rings. The van der Waals surface area contributed by atoms with Gasteiger partial charge < -0.3 is 4.74 Å². The average Bonchev–Trinajstić information content (AvgIpc) is 2.83. The summed E-state index contributed by atoms with van der Waals surface area (Å²) in [4.78, 5) is 5.00. The van der Waals surface area contributed by atoms with Crippen LogP contribution in [0.1, 0.15) is 11.1 Å². The molecule has 0 aliphatic carbocycles. The second-order valence-electron chi connectivity index (χ2n) is 4.04. The van der Waals surface area contributed by atoms with Gasteiger partial charge in [0.25, 0.3) is 0 Å². The highest BCUT2D eigenvalue weighted by molar-refractivity contribution is 5.59. The third-order valence-corrected chi connectivity index (χ3v) is 2.86. The SMILES string of the molecule is N#Cc1ccc(Oc2cccc3c2CON3O)cc1. The number of ether oxygens (including phenoxy) is 1. The van der Waals surface area contributed by atoms with Crippen LogP contribution in [0.3, 0.4) is 0 Å². The lowest BCUT2D eigenvalue weighted by Crippen LogP contribution is -2.10. The van der Waals surface area contributed by atoms with Crippen LogP contribution in [0.15, 0.2) is 42.5 Å². The van der Waals surface area contributed by atoms with E-state index < -0.39 is 0 Å². The van der Waals surface area contributed by atoms with Crippen molar-refractivity contribution in [1.29, 1.82) is 5.26 Å². The molecule has 0 spiro atoms. The molecule has 5 nitrogen and oxygen atoms in total. The molecule has 1 N–H and O–H groups in total. The lowest BCUT2D eigenvalue weighted by Gasteiger charge is -2.10. The fourth-order valence-electron chi connectivity index (χ4n) is 1.89. The van der Waals surface area contributed by atoms with Crippen LogP contribution >= 0.6 is 0 Å². The van der Waals surface area contributed by atoms with E-state index in [2.05, 4.69) is 6.07 Å². The van der Waals surface area contributed by atoms with Gasteiger partial charge in [0.2, 0.25) is 0 Å². The maximum Gasteiger partial charge on any atom is 0.135 e. The molecule has 1 heterocycles. The van der Waals surface area contributed by atoms with Crippen LogP contribution in [0, 0.1) is 11.3 Å². The quantitative estimate of drug-likeness (QED) is 0.892. The van der Waals surface area contributed by atoms with E-state index in [9.17, 15) is 5.21 Å². The number of anilines is 1. The van der Waals surface area contributed by atoms with Crippen molar-refractivity contribution in [2.75, 3.05) is 5.23 Å². The van der Waals surface area contributed by atoms with Gasteiger partial charge in [-0.15, -0.1) is 5.23 Å². The van der Waals surface area contributed by atoms with Crippen LogP contribution in [0.4, 0.5) is 5.69 Å². The van der Waals surface area contributed by atoms with Gasteiger partial charge >= 0.3 is 0 Å². The number of nitrogens with zero attached hydrogens (tertiary/aromatic N) is 2. The Morgan fingerprint density at radius 1 is 1.21 bits per heavy atom. The summed E-state index contributed by atoms with van der Waals surface area (Å²) in [6.07, 6.45) is 0. The summed E-state index contributed by atoms with van der Waals surface area (Å²) in [5.74, 6) is 1.25. The number of hydrogen-bond donors (Lipinski definition) is 1. The Bertz CT molecular complexity index is 647. The van der Waals surface area contributed by atoms with Gasteiger partial charge in [0.05, 0.1) is 17.2 Å². The minimum absolute atomic E-state index is 0.262. The molecule has 0 fully saturated rings. The van der Waals surface area contributed by atoms with E-state index in [0.29, 0.717) is 22.7 Å². The van der Waals surface area contributed by atoms with E-state index in [0.717, 1.165) is 10.8 Å². The van der Waals surface area contributed by atoms with Crippen molar-refractivity contribution in [2.24, 2.45) is 0 Å². The molecule has 0 radical (unpaired) electrons. The first-order valence-electron chi connectivity index (χ1n) is 5.70. The van der Waals surface area contributed by atoms with Gasteiger partial charge in [-0.2, -0.15) is 5.26 Å². The zero-order valence-electron chi connectivity index (χ0n) is 9.91. The molecule has 0 saturated carbocycles. The minimum atomic E-state index is 0.262. The Kier molecular flexibility index (Phi) is 2.80. The first-order valence-corrected chi connectivity index (χ1v) is 5.70. The lowest BCUT2D eigenvalue weighted by molar-refractivity contribution is -0.0330. The second-order valence-corrected chi connectivity index (χ2v) is 4.04. The second kappa shape index (κ2) is 4.61. The molecule has 1 aliphatic rings. The van der Waals surface area contributed by atoms with Gasteiger partial charge in [0.15, 0.2) is 0 Å². The van der Waals surface area contributed by atoms with E-state index in [1.807, 2.05) is 0 Å². The highest BCUT2D eigenvalue weighted by atomic mass is 16.9. The molecule has 0 atom stereocenters. The molecule has 0 saturated heterocycles. The Morgan fingerprint density at radius 2 is 2.00 bits per heavy atom. The molecule has 1 aliphatic heterocycles. The normalized spacial score (nSPS) is 12.9. The van der Waals surface area contributed by atoms with Gasteiger partial charge in [-0.1, -0.05) is 6.07 Å². The van der Waals surface area contributed by atoms with Crippen molar-refractivity contribution in [1.82, 2.24) is 0 Å². The number of hydrogen-bond acceptors (Lipinski definition) is 5. The predicted molar refractivity (Wildman–Crippen MR) is 66.7 cm³/mol. The van der Waals surface area contributed by atoms with Crippen molar-refractivity contribution >= 4 is 5.69 Å². The van der Waals surface area contributed by atoms with E-state index in [1.165, 1.54) is 0 Å². The van der Waals surface area contributed by atoms with Gasteiger partial charge in [-0.05, 0) is 36.4 Å². The van der Waals surface area contributed by atoms with Crippen LogP contribution in [0.25, 0.3) is 0 Å². The van der Waals surface area contributed by atoms with Gasteiger partial charge in [0, 0.05) is 0 Å². The summed E-state index contributed by atoms with van der Waals surface area (Å²) in [7, 11) is 0. The predicted octanol–water partition coefficient (Wildman–Crippen LogP) is 2.99. The average molecular weight is 254 g/mol. The maximum absolute atomic E-state index is 9.46. The van der Waals surface area contributed by atoms with E-state index in [-0.39, 0.29) is 6.61 Å². The van der Waals surface area contributed by atoms with Crippen LogP contribution in [-0.4, -0.2) is 5.21 Å².